The molecule has 5 nitrogen and oxygen atoms in total. The Morgan fingerprint density at radius 1 is 1.17 bits per heavy atom. The fourth-order valence-electron chi connectivity index (χ4n) is 3.83. The highest BCUT2D eigenvalue weighted by molar-refractivity contribution is 7.10. The standard InChI is InChI=1S/C24H32N2O3S/c1-3-5-7-18-9-11-19(12-10-18)22(21-8-6-17-30-21)25-23(27)20-13-15-26(16-14-20)24(28)29-4-2/h6,8-12,17,20,22H,3-5,7,13-16H2,1-2H3,(H,25,27). The van der Waals surface area contributed by atoms with Gasteiger partial charge < -0.3 is 15.0 Å². The van der Waals surface area contributed by atoms with Gasteiger partial charge in [0.05, 0.1) is 12.6 Å². The summed E-state index contributed by atoms with van der Waals surface area (Å²) in [5.74, 6) is -0.0195. The van der Waals surface area contributed by atoms with Gasteiger partial charge in [-0.05, 0) is 55.2 Å². The summed E-state index contributed by atoms with van der Waals surface area (Å²) in [5, 5.41) is 5.32. The number of carbonyl (C=O) groups excluding carboxylic acids is 2. The van der Waals surface area contributed by atoms with Gasteiger partial charge in [0.15, 0.2) is 0 Å². The number of piperidine rings is 1. The van der Waals surface area contributed by atoms with Gasteiger partial charge in [-0.25, -0.2) is 4.79 Å². The third-order valence-corrected chi connectivity index (χ3v) is 6.58. The molecule has 1 N–H and O–H groups in total. The van der Waals surface area contributed by atoms with Crippen LogP contribution in [0.4, 0.5) is 4.79 Å². The summed E-state index contributed by atoms with van der Waals surface area (Å²) in [6.07, 6.45) is 4.51. The molecular formula is C24H32N2O3S. The van der Waals surface area contributed by atoms with Crippen LogP contribution in [0.1, 0.15) is 61.6 Å². The molecule has 1 saturated heterocycles. The fraction of sp³-hybridized carbons (Fsp3) is 0.500. The first-order valence-corrected chi connectivity index (χ1v) is 11.8. The summed E-state index contributed by atoms with van der Waals surface area (Å²) < 4.78 is 5.07. The molecule has 1 aromatic carbocycles. The molecule has 162 valence electrons. The monoisotopic (exact) mass is 428 g/mol. The van der Waals surface area contributed by atoms with E-state index in [1.807, 2.05) is 11.4 Å². The number of nitrogens with one attached hydrogen (secondary N) is 1. The van der Waals surface area contributed by atoms with Crippen molar-refractivity contribution in [2.24, 2.45) is 5.92 Å². The molecule has 1 unspecified atom stereocenters. The molecule has 0 bridgehead atoms. The summed E-state index contributed by atoms with van der Waals surface area (Å²) in [5.41, 5.74) is 2.44. The molecule has 1 atom stereocenters. The maximum Gasteiger partial charge on any atom is 0.409 e. The Hall–Kier alpha value is -2.34. The van der Waals surface area contributed by atoms with Gasteiger partial charge in [0.1, 0.15) is 0 Å². The van der Waals surface area contributed by atoms with Gasteiger partial charge in [0.25, 0.3) is 0 Å². The van der Waals surface area contributed by atoms with Crippen LogP contribution in [0, 0.1) is 5.92 Å². The Morgan fingerprint density at radius 2 is 1.90 bits per heavy atom. The third-order valence-electron chi connectivity index (χ3n) is 5.64. The molecule has 2 aromatic rings. The molecule has 1 aliphatic heterocycles. The number of ether oxygens (including phenoxy) is 1. The van der Waals surface area contributed by atoms with Crippen LogP contribution in [0.2, 0.25) is 0 Å². The minimum atomic E-state index is -0.281. The molecule has 6 heteroatoms. The predicted molar refractivity (Wildman–Crippen MR) is 121 cm³/mol. The molecule has 1 aromatic heterocycles. The summed E-state index contributed by atoms with van der Waals surface area (Å²) in [6, 6.07) is 12.6. The molecule has 0 spiro atoms. The van der Waals surface area contributed by atoms with E-state index in [2.05, 4.69) is 42.6 Å². The van der Waals surface area contributed by atoms with E-state index in [0.29, 0.717) is 32.5 Å². The number of benzene rings is 1. The highest BCUT2D eigenvalue weighted by Crippen LogP contribution is 2.28. The highest BCUT2D eigenvalue weighted by atomic mass is 32.1. The number of amides is 2. The summed E-state index contributed by atoms with van der Waals surface area (Å²) >= 11 is 1.66. The number of hydrogen-bond donors (Lipinski definition) is 1. The zero-order chi connectivity index (χ0) is 21.3. The Bertz CT molecular complexity index is 796. The maximum atomic E-state index is 13.0. The Kier molecular flexibility index (Phi) is 8.31. The number of likely N-dealkylation sites (tertiary alicyclic amines) is 1. The lowest BCUT2D eigenvalue weighted by molar-refractivity contribution is -0.126. The first-order valence-electron chi connectivity index (χ1n) is 11.0. The van der Waals surface area contributed by atoms with E-state index in [4.69, 9.17) is 4.74 Å². The van der Waals surface area contributed by atoms with Gasteiger partial charge in [0, 0.05) is 23.9 Å². The van der Waals surface area contributed by atoms with Gasteiger partial charge in [-0.3, -0.25) is 4.79 Å². The lowest BCUT2D eigenvalue weighted by Gasteiger charge is -2.31. The summed E-state index contributed by atoms with van der Waals surface area (Å²) in [4.78, 5) is 27.8. The van der Waals surface area contributed by atoms with E-state index in [0.717, 1.165) is 16.9 Å². The van der Waals surface area contributed by atoms with Crippen LogP contribution in [0.3, 0.4) is 0 Å². The second kappa shape index (κ2) is 11.2. The third kappa shape index (κ3) is 5.85. The number of nitrogens with zero attached hydrogens (tertiary/aromatic N) is 1. The Balaban J connectivity index is 1.65. The SMILES string of the molecule is CCCCc1ccc(C(NC(=O)C2CCN(C(=O)OCC)CC2)c2cccs2)cc1. The number of aryl methyl sites for hydroxylation is 1. The van der Waals surface area contributed by atoms with Gasteiger partial charge in [-0.1, -0.05) is 43.7 Å². The van der Waals surface area contributed by atoms with Crippen molar-refractivity contribution in [2.75, 3.05) is 19.7 Å². The normalized spacial score (nSPS) is 15.6. The fourth-order valence-corrected chi connectivity index (χ4v) is 4.63. The zero-order valence-corrected chi connectivity index (χ0v) is 18.7. The number of carbonyl (C=O) groups is 2. The lowest BCUT2D eigenvalue weighted by Crippen LogP contribution is -2.44. The Morgan fingerprint density at radius 3 is 2.50 bits per heavy atom. The second-order valence-electron chi connectivity index (χ2n) is 7.76. The summed E-state index contributed by atoms with van der Waals surface area (Å²) in [7, 11) is 0. The first-order chi connectivity index (χ1) is 14.6. The average molecular weight is 429 g/mol. The van der Waals surface area contributed by atoms with Crippen molar-refractivity contribution in [2.45, 2.75) is 52.0 Å². The van der Waals surface area contributed by atoms with Gasteiger partial charge in [-0.15, -0.1) is 11.3 Å². The molecule has 3 rings (SSSR count). The van der Waals surface area contributed by atoms with Crippen molar-refractivity contribution in [3.05, 3.63) is 57.8 Å². The minimum absolute atomic E-state index is 0.0620. The van der Waals surface area contributed by atoms with E-state index in [1.165, 1.54) is 18.4 Å². The van der Waals surface area contributed by atoms with Gasteiger partial charge >= 0.3 is 6.09 Å². The van der Waals surface area contributed by atoms with E-state index in [9.17, 15) is 9.59 Å². The lowest BCUT2D eigenvalue weighted by atomic mass is 9.94. The topological polar surface area (TPSA) is 58.6 Å². The molecule has 2 amide bonds. The van der Waals surface area contributed by atoms with Crippen molar-refractivity contribution in [1.82, 2.24) is 10.2 Å². The largest absolute Gasteiger partial charge is 0.450 e. The molecule has 1 aliphatic rings. The van der Waals surface area contributed by atoms with Crippen LogP contribution in [0.5, 0.6) is 0 Å². The highest BCUT2D eigenvalue weighted by Gasteiger charge is 2.29. The van der Waals surface area contributed by atoms with Crippen LogP contribution in [-0.2, 0) is 16.0 Å². The second-order valence-corrected chi connectivity index (χ2v) is 8.74. The number of rotatable bonds is 8. The maximum absolute atomic E-state index is 13.0. The van der Waals surface area contributed by atoms with Crippen LogP contribution >= 0.6 is 11.3 Å². The van der Waals surface area contributed by atoms with Crippen LogP contribution in [0.15, 0.2) is 41.8 Å². The summed E-state index contributed by atoms with van der Waals surface area (Å²) in [6.45, 7) is 5.51. The molecule has 0 saturated carbocycles. The van der Waals surface area contributed by atoms with Crippen molar-refractivity contribution in [3.8, 4) is 0 Å². The van der Waals surface area contributed by atoms with E-state index in [1.54, 1.807) is 23.2 Å². The molecule has 2 heterocycles. The number of hydrogen-bond acceptors (Lipinski definition) is 4. The molecule has 0 aliphatic carbocycles. The van der Waals surface area contributed by atoms with Gasteiger partial charge in [-0.2, -0.15) is 0 Å². The van der Waals surface area contributed by atoms with Crippen LogP contribution in [0.25, 0.3) is 0 Å². The van der Waals surface area contributed by atoms with Crippen molar-refractivity contribution in [1.29, 1.82) is 0 Å². The van der Waals surface area contributed by atoms with Crippen molar-refractivity contribution in [3.63, 3.8) is 0 Å². The van der Waals surface area contributed by atoms with Gasteiger partial charge in [0.2, 0.25) is 5.91 Å². The van der Waals surface area contributed by atoms with Crippen LogP contribution < -0.4 is 5.32 Å². The number of unbranched alkanes of at least 4 members (excludes halogenated alkanes) is 1. The minimum Gasteiger partial charge on any atom is -0.450 e. The van der Waals surface area contributed by atoms with E-state index < -0.39 is 0 Å². The van der Waals surface area contributed by atoms with E-state index in [-0.39, 0.29) is 24.0 Å². The molecule has 1 fully saturated rings. The molecule has 0 radical (unpaired) electrons. The predicted octanol–water partition coefficient (Wildman–Crippen LogP) is 5.16. The molecular weight excluding hydrogens is 396 g/mol. The molecule has 30 heavy (non-hydrogen) atoms. The van der Waals surface area contributed by atoms with Crippen molar-refractivity contribution < 1.29 is 14.3 Å². The quantitative estimate of drug-likeness (QED) is 0.631. The van der Waals surface area contributed by atoms with Crippen molar-refractivity contribution >= 4 is 23.3 Å². The number of thiophene rings is 1. The zero-order valence-electron chi connectivity index (χ0n) is 17.9. The average Bonchev–Trinajstić information content (AvgIpc) is 3.31. The first kappa shape index (κ1) is 22.3. The smallest absolute Gasteiger partial charge is 0.409 e. The van der Waals surface area contributed by atoms with E-state index >= 15 is 0 Å². The van der Waals surface area contributed by atoms with Crippen LogP contribution in [-0.4, -0.2) is 36.6 Å². The Labute approximate surface area is 183 Å².